The Hall–Kier alpha value is -2.08. The zero-order chi connectivity index (χ0) is 14.0. The lowest BCUT2D eigenvalue weighted by molar-refractivity contribution is 0.0697. The van der Waals surface area contributed by atoms with E-state index in [4.69, 9.17) is 16.7 Å². The maximum Gasteiger partial charge on any atom is 0.337 e. The average Bonchev–Trinajstić information content (AvgIpc) is 2.80. The summed E-state index contributed by atoms with van der Waals surface area (Å²) in [5, 5.41) is 16.3. The molecule has 2 aromatic heterocycles. The van der Waals surface area contributed by atoms with E-state index in [0.717, 1.165) is 0 Å². The Kier molecular flexibility index (Phi) is 3.71. The number of aromatic carboxylic acids is 1. The molecule has 0 aromatic carbocycles. The van der Waals surface area contributed by atoms with Crippen LogP contribution in [-0.2, 0) is 0 Å². The molecule has 7 heteroatoms. The van der Waals surface area contributed by atoms with Gasteiger partial charge < -0.3 is 10.4 Å². The molecule has 0 atom stereocenters. The van der Waals surface area contributed by atoms with E-state index in [0.29, 0.717) is 11.6 Å². The number of carbonyl (C=O) groups is 1. The topological polar surface area (TPSA) is 80.0 Å². The van der Waals surface area contributed by atoms with E-state index < -0.39 is 5.97 Å². The van der Waals surface area contributed by atoms with E-state index in [2.05, 4.69) is 15.4 Å². The molecule has 2 N–H and O–H groups in total. The Morgan fingerprint density at radius 3 is 2.79 bits per heavy atom. The number of hydrogen-bond acceptors (Lipinski definition) is 4. The second-order valence-corrected chi connectivity index (χ2v) is 4.66. The number of halogens is 1. The van der Waals surface area contributed by atoms with Crippen LogP contribution in [0.3, 0.4) is 0 Å². The lowest BCUT2D eigenvalue weighted by atomic mass is 10.2. The van der Waals surface area contributed by atoms with Gasteiger partial charge in [-0.3, -0.25) is 4.68 Å². The summed E-state index contributed by atoms with van der Waals surface area (Å²) < 4.78 is 1.79. The highest BCUT2D eigenvalue weighted by Crippen LogP contribution is 2.20. The summed E-state index contributed by atoms with van der Waals surface area (Å²) in [5.41, 5.74) is 0.00228. The van der Waals surface area contributed by atoms with Gasteiger partial charge >= 0.3 is 5.97 Å². The summed E-state index contributed by atoms with van der Waals surface area (Å²) in [6.45, 7) is 4.03. The summed E-state index contributed by atoms with van der Waals surface area (Å²) in [5.74, 6) is -0.112. The lowest BCUT2D eigenvalue weighted by Crippen LogP contribution is -2.03. The third-order valence-corrected chi connectivity index (χ3v) is 2.78. The fourth-order valence-corrected chi connectivity index (χ4v) is 1.68. The van der Waals surface area contributed by atoms with Crippen LogP contribution < -0.4 is 5.32 Å². The van der Waals surface area contributed by atoms with Crippen LogP contribution in [0.1, 0.15) is 30.2 Å². The molecule has 0 saturated carbocycles. The van der Waals surface area contributed by atoms with Crippen molar-refractivity contribution in [3.8, 4) is 0 Å². The number of hydrogen-bond donors (Lipinski definition) is 2. The number of nitrogens with one attached hydrogen (secondary N) is 1. The first-order valence-electron chi connectivity index (χ1n) is 5.68. The Bertz CT molecular complexity index is 610. The molecule has 0 aliphatic heterocycles. The van der Waals surface area contributed by atoms with Crippen LogP contribution in [0.4, 0.5) is 11.6 Å². The molecule has 19 heavy (non-hydrogen) atoms. The first-order valence-corrected chi connectivity index (χ1v) is 6.06. The molecule has 0 fully saturated rings. The van der Waals surface area contributed by atoms with Crippen LogP contribution in [0.5, 0.6) is 0 Å². The second-order valence-electron chi connectivity index (χ2n) is 4.25. The standard InChI is InChI=1S/C12H13ClN4O2/c1-7(2)17-4-3-10(16-17)15-11-5-8(12(18)19)9(13)6-14-11/h3-7H,1-2H3,(H,18,19)(H,14,15,16). The quantitative estimate of drug-likeness (QED) is 0.900. The van der Waals surface area contributed by atoms with E-state index in [1.165, 1.54) is 12.3 Å². The molecule has 0 aliphatic rings. The van der Waals surface area contributed by atoms with Crippen molar-refractivity contribution in [1.82, 2.24) is 14.8 Å². The van der Waals surface area contributed by atoms with Crippen LogP contribution in [-0.4, -0.2) is 25.8 Å². The van der Waals surface area contributed by atoms with Crippen LogP contribution in [0, 0.1) is 0 Å². The summed E-state index contributed by atoms with van der Waals surface area (Å²) in [6.07, 6.45) is 3.13. The summed E-state index contributed by atoms with van der Waals surface area (Å²) >= 11 is 5.75. The minimum absolute atomic E-state index is 0.00228. The highest BCUT2D eigenvalue weighted by molar-refractivity contribution is 6.33. The van der Waals surface area contributed by atoms with Crippen LogP contribution in [0.2, 0.25) is 5.02 Å². The molecule has 0 bridgehead atoms. The number of carboxylic acids is 1. The van der Waals surface area contributed by atoms with Crippen LogP contribution >= 0.6 is 11.6 Å². The molecule has 0 amide bonds. The first-order chi connectivity index (χ1) is 8.97. The molecule has 2 rings (SSSR count). The molecule has 6 nitrogen and oxygen atoms in total. The summed E-state index contributed by atoms with van der Waals surface area (Å²) in [4.78, 5) is 15.0. The molecule has 2 aromatic rings. The first kappa shape index (κ1) is 13.4. The smallest absolute Gasteiger partial charge is 0.337 e. The molecule has 100 valence electrons. The number of carboxylic acid groups (broad SMARTS) is 1. The molecule has 0 saturated heterocycles. The minimum Gasteiger partial charge on any atom is -0.478 e. The lowest BCUT2D eigenvalue weighted by Gasteiger charge is -2.06. The molecule has 0 spiro atoms. The van der Waals surface area contributed by atoms with Crippen molar-refractivity contribution in [1.29, 1.82) is 0 Å². The van der Waals surface area contributed by atoms with Crippen molar-refractivity contribution in [2.24, 2.45) is 0 Å². The fourth-order valence-electron chi connectivity index (χ4n) is 1.49. The average molecular weight is 281 g/mol. The van der Waals surface area contributed by atoms with Gasteiger partial charge in [-0.25, -0.2) is 9.78 Å². The number of anilines is 2. The molecule has 0 radical (unpaired) electrons. The molecule has 0 aliphatic carbocycles. The third kappa shape index (κ3) is 3.03. The summed E-state index contributed by atoms with van der Waals surface area (Å²) in [6, 6.07) is 3.42. The second kappa shape index (κ2) is 5.27. The van der Waals surface area contributed by atoms with Crippen LogP contribution in [0.15, 0.2) is 24.5 Å². The monoisotopic (exact) mass is 280 g/mol. The number of pyridine rings is 1. The van der Waals surface area contributed by atoms with Crippen molar-refractivity contribution in [3.63, 3.8) is 0 Å². The molecule has 2 heterocycles. The van der Waals surface area contributed by atoms with E-state index >= 15 is 0 Å². The zero-order valence-electron chi connectivity index (χ0n) is 10.5. The SMILES string of the molecule is CC(C)n1ccc(Nc2cc(C(=O)O)c(Cl)cn2)n1. The number of nitrogens with zero attached hydrogens (tertiary/aromatic N) is 3. The van der Waals surface area contributed by atoms with Gasteiger partial charge in [0, 0.05) is 24.5 Å². The van der Waals surface area contributed by atoms with Gasteiger partial charge in [-0.15, -0.1) is 0 Å². The third-order valence-electron chi connectivity index (χ3n) is 2.48. The Morgan fingerprint density at radius 1 is 1.47 bits per heavy atom. The summed E-state index contributed by atoms with van der Waals surface area (Å²) in [7, 11) is 0. The fraction of sp³-hybridized carbons (Fsp3) is 0.250. The zero-order valence-corrected chi connectivity index (χ0v) is 11.2. The molecular formula is C12H13ClN4O2. The highest BCUT2D eigenvalue weighted by Gasteiger charge is 2.11. The molecule has 0 unspecified atom stereocenters. The predicted octanol–water partition coefficient (Wildman–Crippen LogP) is 2.95. The van der Waals surface area contributed by atoms with Gasteiger partial charge in [0.15, 0.2) is 5.82 Å². The normalized spacial score (nSPS) is 10.7. The Balaban J connectivity index is 2.23. The van der Waals surface area contributed by atoms with E-state index in [1.54, 1.807) is 10.7 Å². The van der Waals surface area contributed by atoms with Gasteiger partial charge in [0.2, 0.25) is 0 Å². The van der Waals surface area contributed by atoms with Crippen molar-refractivity contribution >= 4 is 29.2 Å². The van der Waals surface area contributed by atoms with Gasteiger partial charge in [0.05, 0.1) is 10.6 Å². The van der Waals surface area contributed by atoms with Gasteiger partial charge in [0.1, 0.15) is 5.82 Å². The highest BCUT2D eigenvalue weighted by atomic mass is 35.5. The Labute approximate surface area is 115 Å². The van der Waals surface area contributed by atoms with Gasteiger partial charge in [-0.05, 0) is 19.9 Å². The van der Waals surface area contributed by atoms with Crippen molar-refractivity contribution in [3.05, 3.63) is 35.1 Å². The van der Waals surface area contributed by atoms with Crippen LogP contribution in [0.25, 0.3) is 0 Å². The van der Waals surface area contributed by atoms with E-state index in [-0.39, 0.29) is 16.6 Å². The number of aromatic nitrogens is 3. The van der Waals surface area contributed by atoms with E-state index in [9.17, 15) is 4.79 Å². The van der Waals surface area contributed by atoms with Crippen molar-refractivity contribution in [2.45, 2.75) is 19.9 Å². The maximum atomic E-state index is 11.0. The minimum atomic E-state index is -1.09. The largest absolute Gasteiger partial charge is 0.478 e. The van der Waals surface area contributed by atoms with Gasteiger partial charge in [-0.2, -0.15) is 5.10 Å². The maximum absolute atomic E-state index is 11.0. The molecular weight excluding hydrogens is 268 g/mol. The van der Waals surface area contributed by atoms with E-state index in [1.807, 2.05) is 20.0 Å². The number of rotatable bonds is 4. The predicted molar refractivity (Wildman–Crippen MR) is 72.1 cm³/mol. The van der Waals surface area contributed by atoms with Crippen molar-refractivity contribution < 1.29 is 9.90 Å². The van der Waals surface area contributed by atoms with Gasteiger partial charge in [0.25, 0.3) is 0 Å². The van der Waals surface area contributed by atoms with Gasteiger partial charge in [-0.1, -0.05) is 11.6 Å². The Morgan fingerprint density at radius 2 is 2.21 bits per heavy atom. The van der Waals surface area contributed by atoms with Crippen molar-refractivity contribution in [2.75, 3.05) is 5.32 Å².